The van der Waals surface area contributed by atoms with Gasteiger partial charge in [-0.3, -0.25) is 0 Å². The summed E-state index contributed by atoms with van der Waals surface area (Å²) in [6, 6.07) is 14.1. The number of carboxylic acid groups (broad SMARTS) is 2. The molecule has 14 heteroatoms. The molecule has 0 spiro atoms. The molecule has 1 atom stereocenters. The van der Waals surface area contributed by atoms with E-state index in [0.717, 1.165) is 22.2 Å². The average molecular weight is 643 g/mol. The molecule has 246 valence electrons. The third-order valence-corrected chi connectivity index (χ3v) is 7.73. The molecule has 4 aromatic rings. The van der Waals surface area contributed by atoms with Crippen LogP contribution in [-0.4, -0.2) is 76.3 Å². The van der Waals surface area contributed by atoms with Gasteiger partial charge in [-0.05, 0) is 62.8 Å². The van der Waals surface area contributed by atoms with Crippen molar-refractivity contribution in [2.45, 2.75) is 57.7 Å². The fourth-order valence-electron chi connectivity index (χ4n) is 4.44. The zero-order valence-electron chi connectivity index (χ0n) is 25.6. The molecule has 0 saturated heterocycles. The molecular weight excluding hydrogens is 606 g/mol. The number of rotatable bonds is 13. The van der Waals surface area contributed by atoms with E-state index in [1.54, 1.807) is 19.1 Å². The molecule has 2 heterocycles. The lowest BCUT2D eigenvalue weighted by molar-refractivity contribution is -0.0133. The van der Waals surface area contributed by atoms with Gasteiger partial charge in [0, 0.05) is 12.1 Å². The minimum absolute atomic E-state index is 0.0170. The molecule has 1 unspecified atom stereocenters. The molecule has 0 bridgehead atoms. The number of carbonyl (C=O) groups is 2. The Kier molecular flexibility index (Phi) is 10.4. The number of aliphatic hydroxyl groups is 2. The lowest BCUT2D eigenvalue weighted by atomic mass is 9.99. The summed E-state index contributed by atoms with van der Waals surface area (Å²) < 4.78 is 41.2. The van der Waals surface area contributed by atoms with Gasteiger partial charge in [-0.2, -0.15) is 19.6 Å². The topological polar surface area (TPSA) is 169 Å². The van der Waals surface area contributed by atoms with Crippen molar-refractivity contribution >= 4 is 11.9 Å². The summed E-state index contributed by atoms with van der Waals surface area (Å²) in [5, 5.41) is 46.5. The van der Waals surface area contributed by atoms with Crippen LogP contribution in [0.25, 0.3) is 11.4 Å². The molecule has 2 aromatic heterocycles. The molecule has 5 rings (SSSR count). The zero-order valence-corrected chi connectivity index (χ0v) is 25.6. The van der Waals surface area contributed by atoms with Gasteiger partial charge in [-0.15, -0.1) is 0 Å². The number of carboxylic acids is 2. The maximum atomic E-state index is 14.0. The first-order valence-corrected chi connectivity index (χ1v) is 14.7. The third kappa shape index (κ3) is 8.06. The number of aromatic nitrogens is 4. The second-order valence-electron chi connectivity index (χ2n) is 11.2. The van der Waals surface area contributed by atoms with Gasteiger partial charge >= 0.3 is 11.9 Å². The van der Waals surface area contributed by atoms with Gasteiger partial charge in [0.15, 0.2) is 11.4 Å². The molecule has 12 nitrogen and oxygen atoms in total. The van der Waals surface area contributed by atoms with Crippen molar-refractivity contribution in [1.82, 2.24) is 19.6 Å². The fourth-order valence-corrected chi connectivity index (χ4v) is 4.44. The number of nitrogens with zero attached hydrogens (tertiary/aromatic N) is 4. The van der Waals surface area contributed by atoms with Crippen LogP contribution in [-0.2, 0) is 0 Å². The van der Waals surface area contributed by atoms with E-state index in [1.807, 2.05) is 13.8 Å². The summed E-state index contributed by atoms with van der Waals surface area (Å²) >= 11 is 0. The van der Waals surface area contributed by atoms with Crippen molar-refractivity contribution in [1.29, 1.82) is 0 Å². The Morgan fingerprint density at radius 3 is 1.59 bits per heavy atom. The van der Waals surface area contributed by atoms with Crippen molar-refractivity contribution in [3.8, 4) is 23.1 Å². The van der Waals surface area contributed by atoms with Crippen LogP contribution in [0.4, 0.5) is 8.78 Å². The van der Waals surface area contributed by atoms with Crippen molar-refractivity contribution in [2.75, 3.05) is 13.2 Å². The number of halogens is 2. The minimum atomic E-state index is -1.24. The standard InChI is InChI=1S/C16H17FN2O4.C16H19FN2O4/c1-16(22,10-6-7-10)9-23-14-8-12(15(20)21)18-19(14)13-5-3-2-4-11(13)17;1-3-16(22,4-2)10-23-14-9-12(15(20)21)18-19(14)13-8-6-5-7-11(13)17/h2-5,8,10,22H,6-7,9H2,1H3,(H,20,21);5-9,22H,3-4,10H2,1-2H3,(H,20,21). The Hall–Kier alpha value is -4.82. The van der Waals surface area contributed by atoms with Gasteiger partial charge in [0.25, 0.3) is 0 Å². The molecule has 46 heavy (non-hydrogen) atoms. The molecule has 1 aliphatic rings. The molecule has 4 N–H and O–H groups in total. The summed E-state index contributed by atoms with van der Waals surface area (Å²) in [6.45, 7) is 5.26. The van der Waals surface area contributed by atoms with E-state index < -0.39 is 34.8 Å². The van der Waals surface area contributed by atoms with E-state index >= 15 is 0 Å². The van der Waals surface area contributed by atoms with Crippen LogP contribution >= 0.6 is 0 Å². The number of aromatic carboxylic acids is 2. The Balaban J connectivity index is 0.000000209. The highest BCUT2D eigenvalue weighted by molar-refractivity contribution is 5.86. The van der Waals surface area contributed by atoms with Crippen molar-refractivity contribution in [3.63, 3.8) is 0 Å². The molecule has 0 amide bonds. The van der Waals surface area contributed by atoms with Gasteiger partial charge in [0.05, 0.1) is 11.2 Å². The Labute approximate surface area is 263 Å². The van der Waals surface area contributed by atoms with E-state index in [9.17, 15) is 28.6 Å². The van der Waals surface area contributed by atoms with E-state index in [1.165, 1.54) is 48.5 Å². The Bertz CT molecular complexity index is 1570. The zero-order chi connectivity index (χ0) is 33.6. The van der Waals surface area contributed by atoms with Crippen molar-refractivity contribution in [3.05, 3.63) is 83.7 Å². The van der Waals surface area contributed by atoms with Gasteiger partial charge in [0.1, 0.15) is 36.2 Å². The van der Waals surface area contributed by atoms with Crippen molar-refractivity contribution in [2.24, 2.45) is 5.92 Å². The van der Waals surface area contributed by atoms with Crippen LogP contribution in [0.2, 0.25) is 0 Å². The summed E-state index contributed by atoms with van der Waals surface area (Å²) in [4.78, 5) is 22.2. The van der Waals surface area contributed by atoms with Gasteiger partial charge < -0.3 is 29.9 Å². The predicted octanol–water partition coefficient (Wildman–Crippen LogP) is 4.89. The second kappa shape index (κ2) is 14.1. The van der Waals surface area contributed by atoms with Crippen LogP contribution in [0.3, 0.4) is 0 Å². The number of hydrogen-bond acceptors (Lipinski definition) is 8. The van der Waals surface area contributed by atoms with Crippen LogP contribution in [0, 0.1) is 17.6 Å². The first-order valence-electron chi connectivity index (χ1n) is 14.7. The smallest absolute Gasteiger partial charge is 0.356 e. The Morgan fingerprint density at radius 2 is 1.22 bits per heavy atom. The largest absolute Gasteiger partial charge is 0.476 e. The van der Waals surface area contributed by atoms with Gasteiger partial charge in [-0.25, -0.2) is 18.4 Å². The number of hydrogen-bond donors (Lipinski definition) is 4. The average Bonchev–Trinajstić information content (AvgIpc) is 3.68. The SMILES string of the molecule is CC(O)(COc1cc(C(=O)O)nn1-c1ccccc1F)C1CC1.CCC(O)(CC)COc1cc(C(=O)O)nn1-c1ccccc1F. The monoisotopic (exact) mass is 642 g/mol. The molecule has 2 aromatic carbocycles. The number of benzene rings is 2. The van der Waals surface area contributed by atoms with E-state index in [4.69, 9.17) is 19.7 Å². The maximum Gasteiger partial charge on any atom is 0.356 e. The highest BCUT2D eigenvalue weighted by Gasteiger charge is 2.41. The van der Waals surface area contributed by atoms with E-state index in [-0.39, 0.29) is 53.7 Å². The fraction of sp³-hybridized carbons (Fsp3) is 0.375. The lowest BCUT2D eigenvalue weighted by Gasteiger charge is -2.25. The van der Waals surface area contributed by atoms with Crippen LogP contribution < -0.4 is 9.47 Å². The molecule has 0 radical (unpaired) electrons. The quantitative estimate of drug-likeness (QED) is 0.158. The van der Waals surface area contributed by atoms with E-state index in [0.29, 0.717) is 12.8 Å². The molecule has 1 aliphatic carbocycles. The molecular formula is C32H36F2N4O8. The first kappa shape index (κ1) is 34.1. The van der Waals surface area contributed by atoms with Crippen LogP contribution in [0.5, 0.6) is 11.8 Å². The maximum absolute atomic E-state index is 14.0. The summed E-state index contributed by atoms with van der Waals surface area (Å²) in [6.07, 6.45) is 2.82. The Morgan fingerprint density at radius 1 is 0.804 bits per heavy atom. The third-order valence-electron chi connectivity index (χ3n) is 7.73. The van der Waals surface area contributed by atoms with Crippen LogP contribution in [0.15, 0.2) is 60.7 Å². The summed E-state index contributed by atoms with van der Waals surface area (Å²) in [5.41, 5.74) is -2.40. The first-order chi connectivity index (χ1) is 21.8. The van der Waals surface area contributed by atoms with Crippen molar-refractivity contribution < 1.29 is 48.3 Å². The molecule has 0 aliphatic heterocycles. The lowest BCUT2D eigenvalue weighted by Crippen LogP contribution is -2.35. The second-order valence-corrected chi connectivity index (χ2v) is 11.2. The number of para-hydroxylation sites is 2. The molecule has 1 fully saturated rings. The highest BCUT2D eigenvalue weighted by Crippen LogP contribution is 2.39. The number of ether oxygens (including phenoxy) is 2. The predicted molar refractivity (Wildman–Crippen MR) is 161 cm³/mol. The molecule has 1 saturated carbocycles. The van der Waals surface area contributed by atoms with Gasteiger partial charge in [-0.1, -0.05) is 38.1 Å². The van der Waals surface area contributed by atoms with Crippen LogP contribution in [0.1, 0.15) is 67.4 Å². The van der Waals surface area contributed by atoms with E-state index in [2.05, 4.69) is 10.2 Å². The summed E-state index contributed by atoms with van der Waals surface area (Å²) in [7, 11) is 0. The highest BCUT2D eigenvalue weighted by atomic mass is 19.1. The van der Waals surface area contributed by atoms with Gasteiger partial charge in [0.2, 0.25) is 11.8 Å². The minimum Gasteiger partial charge on any atom is -0.476 e. The summed E-state index contributed by atoms with van der Waals surface area (Å²) in [5.74, 6) is -3.28. The normalized spacial score (nSPS) is 14.2.